The van der Waals surface area contributed by atoms with Crippen molar-refractivity contribution in [1.82, 2.24) is 9.97 Å². The average Bonchev–Trinajstić information content (AvgIpc) is 3.31. The Morgan fingerprint density at radius 3 is 2.09 bits per heavy atom. The summed E-state index contributed by atoms with van der Waals surface area (Å²) in [5, 5.41) is 0.703. The molecule has 0 unspecified atom stereocenters. The third-order valence-electron chi connectivity index (χ3n) is 5.27. The van der Waals surface area contributed by atoms with E-state index in [4.69, 9.17) is 21.3 Å². The van der Waals surface area contributed by atoms with E-state index in [-0.39, 0.29) is 0 Å². The Morgan fingerprint density at radius 1 is 0.688 bits per heavy atom. The van der Waals surface area contributed by atoms with Gasteiger partial charge in [-0.3, -0.25) is 0 Å². The molecule has 1 aromatic heterocycles. The molecule has 4 aromatic carbocycles. The summed E-state index contributed by atoms with van der Waals surface area (Å²) < 4.78 is 6.02. The number of halogens is 1. The number of H-pyrrole nitrogens is 1. The fraction of sp³-hybridized carbons (Fsp3) is 0.0357. The van der Waals surface area contributed by atoms with Gasteiger partial charge < -0.3 is 9.72 Å². The Hall–Kier alpha value is -3.82. The van der Waals surface area contributed by atoms with Crippen molar-refractivity contribution in [3.8, 4) is 39.7 Å². The van der Waals surface area contributed by atoms with E-state index < -0.39 is 0 Å². The number of imidazole rings is 1. The first-order valence-electron chi connectivity index (χ1n) is 10.5. The van der Waals surface area contributed by atoms with Crippen molar-refractivity contribution in [3.63, 3.8) is 0 Å². The van der Waals surface area contributed by atoms with Crippen LogP contribution in [0.15, 0.2) is 109 Å². The van der Waals surface area contributed by atoms with E-state index in [2.05, 4.69) is 29.2 Å². The summed E-state index contributed by atoms with van der Waals surface area (Å²) in [5.41, 5.74) is 6.00. The van der Waals surface area contributed by atoms with Gasteiger partial charge in [0.15, 0.2) is 0 Å². The molecule has 0 saturated heterocycles. The molecular weight excluding hydrogens is 416 g/mol. The molecule has 5 aromatic rings. The molecule has 3 nitrogen and oxygen atoms in total. The van der Waals surface area contributed by atoms with Crippen molar-refractivity contribution in [2.75, 3.05) is 0 Å². The fourth-order valence-corrected chi connectivity index (χ4v) is 3.83. The quantitative estimate of drug-likeness (QED) is 0.297. The Bertz CT molecular complexity index is 1270. The van der Waals surface area contributed by atoms with Gasteiger partial charge in [-0.2, -0.15) is 0 Å². The highest BCUT2D eigenvalue weighted by atomic mass is 35.5. The molecule has 32 heavy (non-hydrogen) atoms. The topological polar surface area (TPSA) is 37.9 Å². The number of nitrogens with zero attached hydrogens (tertiary/aromatic N) is 1. The predicted octanol–water partition coefficient (Wildman–Crippen LogP) is 7.64. The molecule has 1 N–H and O–H groups in total. The zero-order valence-corrected chi connectivity index (χ0v) is 18.1. The lowest BCUT2D eigenvalue weighted by Crippen LogP contribution is -1.96. The molecular formula is C28H21ClN2O. The van der Waals surface area contributed by atoms with E-state index in [9.17, 15) is 0 Å². The van der Waals surface area contributed by atoms with Crippen LogP contribution in [0, 0.1) is 0 Å². The van der Waals surface area contributed by atoms with Crippen LogP contribution in [0.5, 0.6) is 5.75 Å². The van der Waals surface area contributed by atoms with Gasteiger partial charge in [0.2, 0.25) is 0 Å². The highest BCUT2D eigenvalue weighted by Crippen LogP contribution is 2.33. The maximum absolute atomic E-state index is 6.26. The van der Waals surface area contributed by atoms with Crippen molar-refractivity contribution >= 4 is 11.6 Å². The molecule has 4 heteroatoms. The van der Waals surface area contributed by atoms with Crippen LogP contribution in [0.4, 0.5) is 0 Å². The summed E-state index contributed by atoms with van der Waals surface area (Å²) >= 11 is 6.26. The lowest BCUT2D eigenvalue weighted by Gasteiger charge is -2.08. The predicted molar refractivity (Wildman–Crippen MR) is 131 cm³/mol. The Kier molecular flexibility index (Phi) is 5.73. The molecule has 0 aliphatic carbocycles. The number of benzene rings is 4. The SMILES string of the molecule is Clc1ccccc1COc1cccc(-c2nc(-c3ccccc3)c(-c3ccccc3)[nH]2)c1. The molecule has 0 aliphatic heterocycles. The van der Waals surface area contributed by atoms with Gasteiger partial charge in [0.1, 0.15) is 18.2 Å². The molecule has 0 bridgehead atoms. The van der Waals surface area contributed by atoms with Crippen LogP contribution < -0.4 is 4.74 Å². The van der Waals surface area contributed by atoms with E-state index in [1.807, 2.05) is 84.9 Å². The second kappa shape index (κ2) is 9.13. The molecule has 0 amide bonds. The minimum atomic E-state index is 0.409. The Labute approximate surface area is 192 Å². The number of aromatic nitrogens is 2. The maximum atomic E-state index is 6.26. The molecule has 1 heterocycles. The van der Waals surface area contributed by atoms with E-state index in [0.29, 0.717) is 11.6 Å². The van der Waals surface area contributed by atoms with Crippen molar-refractivity contribution in [3.05, 3.63) is 120 Å². The highest BCUT2D eigenvalue weighted by molar-refractivity contribution is 6.31. The van der Waals surface area contributed by atoms with E-state index in [1.165, 1.54) is 0 Å². The third-order valence-corrected chi connectivity index (χ3v) is 5.64. The van der Waals surface area contributed by atoms with Crippen molar-refractivity contribution < 1.29 is 4.74 Å². The monoisotopic (exact) mass is 436 g/mol. The number of hydrogen-bond acceptors (Lipinski definition) is 2. The van der Waals surface area contributed by atoms with Gasteiger partial charge in [-0.05, 0) is 18.2 Å². The van der Waals surface area contributed by atoms with Crippen molar-refractivity contribution in [1.29, 1.82) is 0 Å². The number of nitrogens with one attached hydrogen (secondary N) is 1. The summed E-state index contributed by atoms with van der Waals surface area (Å²) in [5.74, 6) is 1.56. The van der Waals surface area contributed by atoms with Crippen molar-refractivity contribution in [2.45, 2.75) is 6.61 Å². The number of rotatable bonds is 6. The molecule has 156 valence electrons. The van der Waals surface area contributed by atoms with Crippen LogP contribution in [-0.4, -0.2) is 9.97 Å². The Morgan fingerprint density at radius 2 is 1.34 bits per heavy atom. The third kappa shape index (κ3) is 4.29. The summed E-state index contributed by atoms with van der Waals surface area (Å²) in [6.07, 6.45) is 0. The van der Waals surface area contributed by atoms with Gasteiger partial charge in [0, 0.05) is 27.3 Å². The maximum Gasteiger partial charge on any atom is 0.138 e. The zero-order chi connectivity index (χ0) is 21.8. The number of ether oxygens (including phenoxy) is 1. The molecule has 5 rings (SSSR count). The lowest BCUT2D eigenvalue weighted by molar-refractivity contribution is 0.306. The fourth-order valence-electron chi connectivity index (χ4n) is 3.64. The van der Waals surface area contributed by atoms with E-state index >= 15 is 0 Å². The molecule has 0 atom stereocenters. The largest absolute Gasteiger partial charge is 0.489 e. The first kappa shape index (κ1) is 20.1. The lowest BCUT2D eigenvalue weighted by atomic mass is 10.1. The number of hydrogen-bond donors (Lipinski definition) is 1. The van der Waals surface area contributed by atoms with Crippen LogP contribution in [0.2, 0.25) is 5.02 Å². The summed E-state index contributed by atoms with van der Waals surface area (Å²) in [7, 11) is 0. The molecule has 0 fully saturated rings. The standard InChI is InChI=1S/C28H21ClN2O/c29-25-17-8-7-14-23(25)19-32-24-16-9-15-22(18-24)28-30-26(20-10-3-1-4-11-20)27(31-28)21-12-5-2-6-13-21/h1-18H,19H2,(H,30,31). The van der Waals surface area contributed by atoms with Crippen LogP contribution >= 0.6 is 11.6 Å². The van der Waals surface area contributed by atoms with Gasteiger partial charge in [0.25, 0.3) is 0 Å². The first-order valence-corrected chi connectivity index (χ1v) is 10.8. The second-order valence-electron chi connectivity index (χ2n) is 7.45. The molecule has 0 radical (unpaired) electrons. The minimum absolute atomic E-state index is 0.409. The summed E-state index contributed by atoms with van der Waals surface area (Å²) in [6, 6.07) is 36.2. The van der Waals surface area contributed by atoms with Gasteiger partial charge in [-0.15, -0.1) is 0 Å². The molecule has 0 spiro atoms. The minimum Gasteiger partial charge on any atom is -0.489 e. The van der Waals surface area contributed by atoms with Gasteiger partial charge in [-0.25, -0.2) is 4.98 Å². The molecule has 0 aliphatic rings. The number of aromatic amines is 1. The van der Waals surface area contributed by atoms with Crippen LogP contribution in [0.1, 0.15) is 5.56 Å². The van der Waals surface area contributed by atoms with Gasteiger partial charge in [-0.1, -0.05) is 103 Å². The van der Waals surface area contributed by atoms with Crippen LogP contribution in [0.3, 0.4) is 0 Å². The smallest absolute Gasteiger partial charge is 0.138 e. The van der Waals surface area contributed by atoms with E-state index in [0.717, 1.165) is 45.2 Å². The normalized spacial score (nSPS) is 10.8. The average molecular weight is 437 g/mol. The first-order chi connectivity index (χ1) is 15.8. The Balaban J connectivity index is 1.49. The summed E-state index contributed by atoms with van der Waals surface area (Å²) in [4.78, 5) is 8.50. The van der Waals surface area contributed by atoms with Crippen LogP contribution in [-0.2, 0) is 6.61 Å². The van der Waals surface area contributed by atoms with E-state index in [1.54, 1.807) is 0 Å². The van der Waals surface area contributed by atoms with Gasteiger partial charge >= 0.3 is 0 Å². The zero-order valence-electron chi connectivity index (χ0n) is 17.3. The summed E-state index contributed by atoms with van der Waals surface area (Å²) in [6.45, 7) is 0.409. The highest BCUT2D eigenvalue weighted by Gasteiger charge is 2.15. The van der Waals surface area contributed by atoms with Gasteiger partial charge in [0.05, 0.1) is 11.4 Å². The second-order valence-corrected chi connectivity index (χ2v) is 7.86. The molecule has 0 saturated carbocycles. The van der Waals surface area contributed by atoms with Crippen molar-refractivity contribution in [2.24, 2.45) is 0 Å². The van der Waals surface area contributed by atoms with Crippen LogP contribution in [0.25, 0.3) is 33.9 Å².